The number of aromatic amines is 1. The van der Waals surface area contributed by atoms with Crippen molar-refractivity contribution in [2.45, 2.75) is 6.18 Å². The highest BCUT2D eigenvalue weighted by Crippen LogP contribution is 2.31. The van der Waals surface area contributed by atoms with Crippen molar-refractivity contribution in [3.05, 3.63) is 53.9 Å². The van der Waals surface area contributed by atoms with E-state index in [9.17, 15) is 13.2 Å². The second kappa shape index (κ2) is 6.00. The maximum atomic E-state index is 12.5. The number of nitrogens with one attached hydrogen (secondary N) is 1. The lowest BCUT2D eigenvalue weighted by Gasteiger charge is -2.08. The van der Waals surface area contributed by atoms with Gasteiger partial charge < -0.3 is 4.74 Å². The summed E-state index contributed by atoms with van der Waals surface area (Å²) in [7, 11) is 0. The minimum Gasteiger partial charge on any atom is -0.439 e. The molecule has 0 spiro atoms. The molecule has 0 saturated carbocycles. The monoisotopic (exact) mass is 331 g/mol. The van der Waals surface area contributed by atoms with Gasteiger partial charge in [-0.3, -0.25) is 0 Å². The molecule has 0 unspecified atom stereocenters. The Hall–Kier alpha value is -3.41. The zero-order chi connectivity index (χ0) is 17.2. The van der Waals surface area contributed by atoms with Gasteiger partial charge in [0.2, 0.25) is 5.88 Å². The smallest absolute Gasteiger partial charge is 0.417 e. The lowest BCUT2D eigenvalue weighted by molar-refractivity contribution is -0.137. The Balaban J connectivity index is 1.84. The molecule has 6 nitrogen and oxygen atoms in total. The molecule has 2 aromatic heterocycles. The molecule has 0 aliphatic heterocycles. The molecule has 0 radical (unpaired) electrons. The number of alkyl halides is 3. The Labute approximate surface area is 133 Å². The van der Waals surface area contributed by atoms with Crippen molar-refractivity contribution in [3.63, 3.8) is 0 Å². The molecular formula is C15H8F3N5O. The predicted octanol–water partition coefficient (Wildman–Crippen LogP) is 3.55. The average Bonchev–Trinajstić information content (AvgIpc) is 3.03. The Kier molecular flexibility index (Phi) is 3.87. The van der Waals surface area contributed by atoms with Gasteiger partial charge in [0.05, 0.1) is 5.56 Å². The number of aromatic nitrogens is 4. The zero-order valence-corrected chi connectivity index (χ0v) is 11.9. The van der Waals surface area contributed by atoms with Crippen LogP contribution in [0.4, 0.5) is 13.2 Å². The summed E-state index contributed by atoms with van der Waals surface area (Å²) in [6, 6.07) is 10.5. The van der Waals surface area contributed by atoms with E-state index in [-0.39, 0.29) is 11.6 Å². The van der Waals surface area contributed by atoms with E-state index in [4.69, 9.17) is 10.00 Å². The first-order valence-corrected chi connectivity index (χ1v) is 6.60. The number of nitrogens with zero attached hydrogens (tertiary/aromatic N) is 4. The van der Waals surface area contributed by atoms with Gasteiger partial charge in [-0.2, -0.15) is 18.4 Å². The molecule has 24 heavy (non-hydrogen) atoms. The molecule has 0 aliphatic rings. The van der Waals surface area contributed by atoms with Crippen LogP contribution in [-0.4, -0.2) is 20.4 Å². The molecule has 0 amide bonds. The topological polar surface area (TPSA) is 87.5 Å². The van der Waals surface area contributed by atoms with Gasteiger partial charge >= 0.3 is 6.18 Å². The van der Waals surface area contributed by atoms with Crippen molar-refractivity contribution >= 4 is 0 Å². The van der Waals surface area contributed by atoms with Gasteiger partial charge in [-0.1, -0.05) is 17.3 Å². The van der Waals surface area contributed by atoms with Crippen LogP contribution in [0.25, 0.3) is 11.3 Å². The minimum atomic E-state index is -4.45. The van der Waals surface area contributed by atoms with Crippen LogP contribution in [0.1, 0.15) is 11.3 Å². The second-order valence-corrected chi connectivity index (χ2v) is 4.66. The summed E-state index contributed by atoms with van der Waals surface area (Å²) in [6.45, 7) is 0. The van der Waals surface area contributed by atoms with E-state index in [0.29, 0.717) is 23.2 Å². The largest absolute Gasteiger partial charge is 0.439 e. The number of hydrogen-bond acceptors (Lipinski definition) is 5. The number of rotatable bonds is 3. The molecule has 1 aromatic carbocycles. The van der Waals surface area contributed by atoms with Gasteiger partial charge in [-0.25, -0.2) is 10.1 Å². The van der Waals surface area contributed by atoms with Crippen molar-refractivity contribution in [2.75, 3.05) is 0 Å². The maximum absolute atomic E-state index is 12.5. The first-order valence-electron chi connectivity index (χ1n) is 6.60. The van der Waals surface area contributed by atoms with Gasteiger partial charge in [0, 0.05) is 17.8 Å². The summed E-state index contributed by atoms with van der Waals surface area (Å²) in [4.78, 5) is 3.64. The van der Waals surface area contributed by atoms with Crippen LogP contribution in [-0.2, 0) is 6.18 Å². The summed E-state index contributed by atoms with van der Waals surface area (Å²) < 4.78 is 43.0. The number of hydrogen-bond donors (Lipinski definition) is 1. The first-order chi connectivity index (χ1) is 11.5. The average molecular weight is 331 g/mol. The van der Waals surface area contributed by atoms with Gasteiger partial charge in [-0.05, 0) is 18.2 Å². The molecule has 0 bridgehead atoms. The summed E-state index contributed by atoms with van der Waals surface area (Å²) in [5.41, 5.74) is 0.262. The van der Waals surface area contributed by atoms with Crippen LogP contribution >= 0.6 is 0 Å². The SMILES string of the molecule is N#Cc1[nH]nnc1-c1cccc(Oc2ccc(C(F)(F)F)cn2)c1. The van der Waals surface area contributed by atoms with Crippen molar-refractivity contribution in [2.24, 2.45) is 0 Å². The molecule has 3 rings (SSSR count). The highest BCUT2D eigenvalue weighted by molar-refractivity contribution is 5.65. The Morgan fingerprint density at radius 3 is 2.67 bits per heavy atom. The van der Waals surface area contributed by atoms with E-state index in [0.717, 1.165) is 12.1 Å². The summed E-state index contributed by atoms with van der Waals surface area (Å²) in [5, 5.41) is 18.8. The van der Waals surface area contributed by atoms with Gasteiger partial charge in [0.15, 0.2) is 5.69 Å². The highest BCUT2D eigenvalue weighted by Gasteiger charge is 2.30. The van der Waals surface area contributed by atoms with E-state index in [1.807, 2.05) is 6.07 Å². The van der Waals surface area contributed by atoms with Gasteiger partial charge in [0.25, 0.3) is 0 Å². The van der Waals surface area contributed by atoms with E-state index in [2.05, 4.69) is 20.4 Å². The van der Waals surface area contributed by atoms with Crippen LogP contribution in [0.2, 0.25) is 0 Å². The quantitative estimate of drug-likeness (QED) is 0.793. The van der Waals surface area contributed by atoms with E-state index >= 15 is 0 Å². The molecule has 0 atom stereocenters. The van der Waals surface area contributed by atoms with Crippen LogP contribution in [0.15, 0.2) is 42.6 Å². The maximum Gasteiger partial charge on any atom is 0.417 e. The summed E-state index contributed by atoms with van der Waals surface area (Å²) in [6.07, 6.45) is -3.75. The Morgan fingerprint density at radius 1 is 1.17 bits per heavy atom. The lowest BCUT2D eigenvalue weighted by Crippen LogP contribution is -2.05. The van der Waals surface area contributed by atoms with Gasteiger partial charge in [-0.15, -0.1) is 5.10 Å². The number of halogens is 3. The molecule has 0 fully saturated rings. The zero-order valence-electron chi connectivity index (χ0n) is 11.9. The number of nitriles is 1. The molecular weight excluding hydrogens is 323 g/mol. The van der Waals surface area contributed by atoms with E-state index in [1.165, 1.54) is 0 Å². The molecule has 2 heterocycles. The van der Waals surface area contributed by atoms with Crippen LogP contribution in [0, 0.1) is 11.3 Å². The molecule has 9 heteroatoms. The fraction of sp³-hybridized carbons (Fsp3) is 0.0667. The molecule has 0 aliphatic carbocycles. The Morgan fingerprint density at radius 2 is 2.00 bits per heavy atom. The van der Waals surface area contributed by atoms with Crippen molar-refractivity contribution < 1.29 is 17.9 Å². The second-order valence-electron chi connectivity index (χ2n) is 4.66. The summed E-state index contributed by atoms with van der Waals surface area (Å²) >= 11 is 0. The standard InChI is InChI=1S/C15H8F3N5O/c16-15(17,18)10-4-5-13(20-8-10)24-11-3-1-2-9(6-11)14-12(7-19)21-23-22-14/h1-6,8H,(H,21,22,23). The number of ether oxygens (including phenoxy) is 1. The highest BCUT2D eigenvalue weighted by atomic mass is 19.4. The third-order valence-electron chi connectivity index (χ3n) is 3.05. The van der Waals surface area contributed by atoms with Crippen LogP contribution < -0.4 is 4.74 Å². The third-order valence-corrected chi connectivity index (χ3v) is 3.05. The van der Waals surface area contributed by atoms with E-state index in [1.54, 1.807) is 24.3 Å². The van der Waals surface area contributed by atoms with Crippen molar-refractivity contribution in [3.8, 4) is 29.0 Å². The third kappa shape index (κ3) is 3.17. The van der Waals surface area contributed by atoms with Crippen molar-refractivity contribution in [1.29, 1.82) is 5.26 Å². The fourth-order valence-corrected chi connectivity index (χ4v) is 1.94. The van der Waals surface area contributed by atoms with E-state index < -0.39 is 11.7 Å². The number of benzene rings is 1. The number of H-pyrrole nitrogens is 1. The fourth-order valence-electron chi connectivity index (χ4n) is 1.94. The predicted molar refractivity (Wildman–Crippen MR) is 75.8 cm³/mol. The van der Waals surface area contributed by atoms with Crippen LogP contribution in [0.5, 0.6) is 11.6 Å². The molecule has 0 saturated heterocycles. The van der Waals surface area contributed by atoms with Crippen LogP contribution in [0.3, 0.4) is 0 Å². The normalized spacial score (nSPS) is 11.1. The van der Waals surface area contributed by atoms with Crippen molar-refractivity contribution in [1.82, 2.24) is 20.4 Å². The summed E-state index contributed by atoms with van der Waals surface area (Å²) in [5.74, 6) is 0.354. The minimum absolute atomic E-state index is 0.0146. The lowest BCUT2D eigenvalue weighted by atomic mass is 10.1. The number of pyridine rings is 1. The van der Waals surface area contributed by atoms with Gasteiger partial charge in [0.1, 0.15) is 17.5 Å². The molecule has 3 aromatic rings. The molecule has 120 valence electrons. The molecule has 1 N–H and O–H groups in total. The first kappa shape index (κ1) is 15.5. The Bertz CT molecular complexity index is 896.